The molecule has 0 saturated carbocycles. The predicted octanol–water partition coefficient (Wildman–Crippen LogP) is 3.63. The van der Waals surface area contributed by atoms with Crippen molar-refractivity contribution >= 4 is 11.6 Å². The fourth-order valence-electron chi connectivity index (χ4n) is 3.43. The van der Waals surface area contributed by atoms with Crippen molar-refractivity contribution in [2.24, 2.45) is 0 Å². The Kier molecular flexibility index (Phi) is 4.86. The molecule has 1 saturated heterocycles. The molecular weight excluding hydrogens is 352 g/mol. The van der Waals surface area contributed by atoms with Gasteiger partial charge in [0, 0.05) is 50.8 Å². The molecular formula is C22H24N4O2. The van der Waals surface area contributed by atoms with Crippen molar-refractivity contribution in [1.29, 1.82) is 0 Å². The van der Waals surface area contributed by atoms with Crippen LogP contribution in [0.3, 0.4) is 0 Å². The fourth-order valence-corrected chi connectivity index (χ4v) is 3.43. The summed E-state index contributed by atoms with van der Waals surface area (Å²) < 4.78 is 5.46. The normalized spacial score (nSPS) is 16.6. The lowest BCUT2D eigenvalue weighted by molar-refractivity contribution is -0.128. The lowest BCUT2D eigenvalue weighted by Crippen LogP contribution is -2.24. The molecule has 1 aliphatic rings. The van der Waals surface area contributed by atoms with Crippen LogP contribution >= 0.6 is 0 Å². The monoisotopic (exact) mass is 376 g/mol. The molecule has 2 heterocycles. The Morgan fingerprint density at radius 3 is 2.50 bits per heavy atom. The number of carbonyl (C=O) groups excluding carboxylic acids is 1. The first-order valence-electron chi connectivity index (χ1n) is 9.44. The highest BCUT2D eigenvalue weighted by Crippen LogP contribution is 2.29. The molecule has 1 fully saturated rings. The van der Waals surface area contributed by atoms with E-state index in [2.05, 4.69) is 41.3 Å². The third-order valence-electron chi connectivity index (χ3n) is 5.15. The molecule has 0 radical (unpaired) electrons. The zero-order valence-electron chi connectivity index (χ0n) is 16.4. The molecule has 3 aromatic rings. The maximum Gasteiger partial charge on any atom is 0.257 e. The highest BCUT2D eigenvalue weighted by Gasteiger charge is 2.33. The summed E-state index contributed by atoms with van der Waals surface area (Å²) in [6, 6.07) is 16.2. The number of carbonyl (C=O) groups is 1. The molecule has 0 spiro atoms. The predicted molar refractivity (Wildman–Crippen MR) is 108 cm³/mol. The number of aromatic nitrogens is 2. The Morgan fingerprint density at radius 1 is 1.11 bits per heavy atom. The minimum Gasteiger partial charge on any atom is -0.378 e. The molecule has 1 amide bonds. The van der Waals surface area contributed by atoms with Gasteiger partial charge in [-0.15, -0.1) is 0 Å². The first-order valence-corrected chi connectivity index (χ1v) is 9.44. The number of hydrogen-bond acceptors (Lipinski definition) is 5. The second-order valence-electron chi connectivity index (χ2n) is 7.56. The molecule has 6 heteroatoms. The summed E-state index contributed by atoms with van der Waals surface area (Å²) in [6.07, 6.45) is 0.421. The van der Waals surface area contributed by atoms with E-state index in [1.807, 2.05) is 48.2 Å². The van der Waals surface area contributed by atoms with Crippen LogP contribution in [0.15, 0.2) is 53.1 Å². The summed E-state index contributed by atoms with van der Waals surface area (Å²) in [5, 5.41) is 4.14. The van der Waals surface area contributed by atoms with E-state index in [0.29, 0.717) is 31.2 Å². The maximum atomic E-state index is 12.4. The van der Waals surface area contributed by atoms with E-state index >= 15 is 0 Å². The van der Waals surface area contributed by atoms with Crippen molar-refractivity contribution in [3.05, 3.63) is 65.5 Å². The van der Waals surface area contributed by atoms with Gasteiger partial charge in [0.1, 0.15) is 0 Å². The maximum absolute atomic E-state index is 12.4. The second kappa shape index (κ2) is 7.46. The molecule has 1 aliphatic heterocycles. The molecule has 0 N–H and O–H groups in total. The van der Waals surface area contributed by atoms with Gasteiger partial charge in [0.2, 0.25) is 5.91 Å². The van der Waals surface area contributed by atoms with Gasteiger partial charge in [-0.1, -0.05) is 35.0 Å². The topological polar surface area (TPSA) is 62.5 Å². The highest BCUT2D eigenvalue weighted by atomic mass is 16.5. The standard InChI is InChI=1S/C22H24N4O2/c1-15-4-6-16(7-5-15)13-26-14-18(12-20(26)27)21-23-22(28-24-21)17-8-10-19(11-9-17)25(2)3/h4-11,18H,12-14H2,1-3H3. The average Bonchev–Trinajstić information content (AvgIpc) is 3.31. The fraction of sp³-hybridized carbons (Fsp3) is 0.318. The Morgan fingerprint density at radius 2 is 1.82 bits per heavy atom. The number of aryl methyl sites for hydroxylation is 1. The van der Waals surface area contributed by atoms with Gasteiger partial charge in [-0.05, 0) is 36.8 Å². The van der Waals surface area contributed by atoms with Crippen molar-refractivity contribution in [2.45, 2.75) is 25.8 Å². The summed E-state index contributed by atoms with van der Waals surface area (Å²) in [5.74, 6) is 1.19. The summed E-state index contributed by atoms with van der Waals surface area (Å²) in [6.45, 7) is 3.29. The van der Waals surface area contributed by atoms with Crippen molar-refractivity contribution in [3.8, 4) is 11.5 Å². The molecule has 6 nitrogen and oxygen atoms in total. The largest absolute Gasteiger partial charge is 0.378 e. The Labute approximate surface area is 164 Å². The van der Waals surface area contributed by atoms with Crippen molar-refractivity contribution in [1.82, 2.24) is 15.0 Å². The van der Waals surface area contributed by atoms with Crippen molar-refractivity contribution in [3.63, 3.8) is 0 Å². The van der Waals surface area contributed by atoms with E-state index in [-0.39, 0.29) is 11.8 Å². The third-order valence-corrected chi connectivity index (χ3v) is 5.15. The number of amides is 1. The van der Waals surface area contributed by atoms with E-state index in [4.69, 9.17) is 4.52 Å². The highest BCUT2D eigenvalue weighted by molar-refractivity contribution is 5.79. The number of anilines is 1. The van der Waals surface area contributed by atoms with Crippen LogP contribution in [0.2, 0.25) is 0 Å². The minimum absolute atomic E-state index is 0.0310. The van der Waals surface area contributed by atoms with Gasteiger partial charge in [-0.2, -0.15) is 4.98 Å². The number of benzene rings is 2. The lowest BCUT2D eigenvalue weighted by atomic mass is 10.1. The summed E-state index contributed by atoms with van der Waals surface area (Å²) in [7, 11) is 4.00. The number of rotatable bonds is 5. The molecule has 4 rings (SSSR count). The Hall–Kier alpha value is -3.15. The number of nitrogens with zero attached hydrogens (tertiary/aromatic N) is 4. The van der Waals surface area contributed by atoms with Crippen LogP contribution in [-0.2, 0) is 11.3 Å². The zero-order chi connectivity index (χ0) is 19.7. The Bertz CT molecular complexity index is 961. The number of likely N-dealkylation sites (tertiary alicyclic amines) is 1. The van der Waals surface area contributed by atoms with Crippen molar-refractivity contribution < 1.29 is 9.32 Å². The van der Waals surface area contributed by atoms with Gasteiger partial charge in [0.25, 0.3) is 5.89 Å². The van der Waals surface area contributed by atoms with Gasteiger partial charge in [-0.25, -0.2) is 0 Å². The van der Waals surface area contributed by atoms with Gasteiger partial charge < -0.3 is 14.3 Å². The summed E-state index contributed by atoms with van der Waals surface area (Å²) >= 11 is 0. The van der Waals surface area contributed by atoms with Gasteiger partial charge in [0.15, 0.2) is 5.82 Å². The van der Waals surface area contributed by atoms with Crippen LogP contribution < -0.4 is 4.90 Å². The molecule has 0 bridgehead atoms. The van der Waals surface area contributed by atoms with Crippen LogP contribution in [0.4, 0.5) is 5.69 Å². The van der Waals surface area contributed by atoms with E-state index in [1.54, 1.807) is 0 Å². The van der Waals surface area contributed by atoms with E-state index in [0.717, 1.165) is 16.8 Å². The van der Waals surface area contributed by atoms with Crippen LogP contribution in [-0.4, -0.2) is 41.6 Å². The van der Waals surface area contributed by atoms with Gasteiger partial charge >= 0.3 is 0 Å². The molecule has 2 aromatic carbocycles. The molecule has 1 unspecified atom stereocenters. The Balaban J connectivity index is 1.45. The summed E-state index contributed by atoms with van der Waals surface area (Å²) in [5.41, 5.74) is 4.34. The van der Waals surface area contributed by atoms with Crippen LogP contribution in [0, 0.1) is 6.92 Å². The molecule has 28 heavy (non-hydrogen) atoms. The molecule has 0 aliphatic carbocycles. The third kappa shape index (κ3) is 3.76. The molecule has 1 atom stereocenters. The number of hydrogen-bond donors (Lipinski definition) is 0. The average molecular weight is 376 g/mol. The SMILES string of the molecule is Cc1ccc(CN2CC(c3noc(-c4ccc(N(C)C)cc4)n3)CC2=O)cc1. The van der Waals surface area contributed by atoms with Gasteiger partial charge in [-0.3, -0.25) is 4.79 Å². The second-order valence-corrected chi connectivity index (χ2v) is 7.56. The van der Waals surface area contributed by atoms with E-state index < -0.39 is 0 Å². The summed E-state index contributed by atoms with van der Waals surface area (Å²) in [4.78, 5) is 20.9. The van der Waals surface area contributed by atoms with Crippen molar-refractivity contribution in [2.75, 3.05) is 25.5 Å². The van der Waals surface area contributed by atoms with Crippen LogP contribution in [0.5, 0.6) is 0 Å². The zero-order valence-corrected chi connectivity index (χ0v) is 16.4. The lowest BCUT2D eigenvalue weighted by Gasteiger charge is -2.16. The minimum atomic E-state index is -0.0310. The van der Waals surface area contributed by atoms with Gasteiger partial charge in [0.05, 0.1) is 0 Å². The molecule has 144 valence electrons. The molecule has 1 aromatic heterocycles. The smallest absolute Gasteiger partial charge is 0.257 e. The van der Waals surface area contributed by atoms with Crippen LogP contribution in [0.25, 0.3) is 11.5 Å². The van der Waals surface area contributed by atoms with E-state index in [1.165, 1.54) is 5.56 Å². The first-order chi connectivity index (χ1) is 13.5. The quantitative estimate of drug-likeness (QED) is 0.680. The van der Waals surface area contributed by atoms with Crippen LogP contribution in [0.1, 0.15) is 29.3 Å². The first kappa shape index (κ1) is 18.2. The van der Waals surface area contributed by atoms with E-state index in [9.17, 15) is 4.79 Å².